The molecule has 0 unspecified atom stereocenters. The molecule has 4 rings (SSSR count). The van der Waals surface area contributed by atoms with E-state index in [1.807, 2.05) is 22.9 Å². The molecule has 1 N–H and O–H groups in total. The van der Waals surface area contributed by atoms with Crippen LogP contribution < -0.4 is 5.32 Å². The molecular formula is C21H19F3N4O. The summed E-state index contributed by atoms with van der Waals surface area (Å²) >= 11 is 0. The fourth-order valence-corrected chi connectivity index (χ4v) is 3.52. The van der Waals surface area contributed by atoms with Crippen molar-refractivity contribution in [3.63, 3.8) is 0 Å². The molecule has 2 aromatic heterocycles. The Kier molecular flexibility index (Phi) is 5.08. The lowest BCUT2D eigenvalue weighted by atomic mass is 10.1. The monoisotopic (exact) mass is 400 g/mol. The average molecular weight is 400 g/mol. The molecule has 0 bridgehead atoms. The van der Waals surface area contributed by atoms with Crippen LogP contribution in [0.1, 0.15) is 34.6 Å². The summed E-state index contributed by atoms with van der Waals surface area (Å²) in [7, 11) is 0. The minimum Gasteiger partial charge on any atom is -0.349 e. The number of rotatable bonds is 3. The predicted octanol–water partition coefficient (Wildman–Crippen LogP) is 4.10. The zero-order valence-corrected chi connectivity index (χ0v) is 15.5. The van der Waals surface area contributed by atoms with Crippen LogP contribution in [0, 0.1) is 0 Å². The Morgan fingerprint density at radius 2 is 1.93 bits per heavy atom. The summed E-state index contributed by atoms with van der Waals surface area (Å²) in [6, 6.07) is 13.3. The number of nitrogens with zero attached hydrogens (tertiary/aromatic N) is 3. The summed E-state index contributed by atoms with van der Waals surface area (Å²) in [5, 5.41) is 7.54. The molecule has 150 valence electrons. The van der Waals surface area contributed by atoms with Gasteiger partial charge in [0.1, 0.15) is 5.69 Å². The molecule has 0 fully saturated rings. The van der Waals surface area contributed by atoms with Crippen molar-refractivity contribution in [3.05, 3.63) is 71.7 Å². The van der Waals surface area contributed by atoms with E-state index >= 15 is 0 Å². The minimum atomic E-state index is -4.50. The Morgan fingerprint density at radius 3 is 2.69 bits per heavy atom. The third kappa shape index (κ3) is 4.31. The molecular weight excluding hydrogens is 381 g/mol. The van der Waals surface area contributed by atoms with Crippen LogP contribution in [0.3, 0.4) is 0 Å². The highest BCUT2D eigenvalue weighted by Crippen LogP contribution is 2.30. The summed E-state index contributed by atoms with van der Waals surface area (Å²) < 4.78 is 40.7. The van der Waals surface area contributed by atoms with E-state index in [0.29, 0.717) is 29.8 Å². The van der Waals surface area contributed by atoms with E-state index in [1.165, 1.54) is 6.07 Å². The second kappa shape index (κ2) is 7.69. The number of benzene rings is 1. The SMILES string of the molecule is O=C(N[C@H]1CCCn2nc(-c3ccnc(C(F)(F)F)c3)cc2C1)c1ccccc1. The molecule has 0 radical (unpaired) electrons. The molecule has 1 amide bonds. The molecule has 0 spiro atoms. The van der Waals surface area contributed by atoms with Crippen LogP contribution in [0.15, 0.2) is 54.7 Å². The first kappa shape index (κ1) is 19.2. The largest absolute Gasteiger partial charge is 0.433 e. The van der Waals surface area contributed by atoms with Crippen LogP contribution in [-0.4, -0.2) is 26.7 Å². The highest BCUT2D eigenvalue weighted by atomic mass is 19.4. The fraction of sp³-hybridized carbons (Fsp3) is 0.286. The van der Waals surface area contributed by atoms with E-state index < -0.39 is 11.9 Å². The van der Waals surface area contributed by atoms with Crippen LogP contribution in [0.5, 0.6) is 0 Å². The molecule has 0 saturated heterocycles. The summed E-state index contributed by atoms with van der Waals surface area (Å²) in [5.41, 5.74) is 1.40. The topological polar surface area (TPSA) is 59.8 Å². The van der Waals surface area contributed by atoms with Gasteiger partial charge in [-0.15, -0.1) is 0 Å². The fourth-order valence-electron chi connectivity index (χ4n) is 3.52. The summed E-state index contributed by atoms with van der Waals surface area (Å²) in [6.07, 6.45) is -1.16. The first-order valence-electron chi connectivity index (χ1n) is 9.36. The van der Waals surface area contributed by atoms with E-state index in [4.69, 9.17) is 0 Å². The molecule has 0 saturated carbocycles. The summed E-state index contributed by atoms with van der Waals surface area (Å²) in [6.45, 7) is 0.657. The highest BCUT2D eigenvalue weighted by molar-refractivity contribution is 5.94. The number of halogens is 3. The third-order valence-electron chi connectivity index (χ3n) is 4.96. The number of nitrogens with one attached hydrogen (secondary N) is 1. The molecule has 0 aliphatic carbocycles. The second-order valence-electron chi connectivity index (χ2n) is 7.05. The highest BCUT2D eigenvalue weighted by Gasteiger charge is 2.32. The van der Waals surface area contributed by atoms with Crippen LogP contribution in [0.2, 0.25) is 0 Å². The first-order valence-corrected chi connectivity index (χ1v) is 9.36. The van der Waals surface area contributed by atoms with E-state index in [0.717, 1.165) is 30.8 Å². The van der Waals surface area contributed by atoms with Gasteiger partial charge in [0, 0.05) is 42.0 Å². The Labute approximate surface area is 165 Å². The average Bonchev–Trinajstić information content (AvgIpc) is 3.01. The number of amides is 1. The minimum absolute atomic E-state index is 0.0586. The van der Waals surface area contributed by atoms with Crippen molar-refractivity contribution >= 4 is 5.91 Å². The Bertz CT molecular complexity index is 1010. The Balaban J connectivity index is 1.53. The maximum Gasteiger partial charge on any atom is 0.433 e. The number of aryl methyl sites for hydroxylation is 1. The predicted molar refractivity (Wildman–Crippen MR) is 101 cm³/mol. The maximum atomic E-state index is 12.9. The molecule has 5 nitrogen and oxygen atoms in total. The van der Waals surface area contributed by atoms with Crippen LogP contribution >= 0.6 is 0 Å². The van der Waals surface area contributed by atoms with Gasteiger partial charge in [-0.3, -0.25) is 14.5 Å². The molecule has 3 aromatic rings. The lowest BCUT2D eigenvalue weighted by molar-refractivity contribution is -0.141. The first-order chi connectivity index (χ1) is 13.9. The van der Waals surface area contributed by atoms with Gasteiger partial charge in [0.05, 0.1) is 5.69 Å². The van der Waals surface area contributed by atoms with Crippen molar-refractivity contribution in [2.24, 2.45) is 0 Å². The number of fused-ring (bicyclic) bond motifs is 1. The van der Waals surface area contributed by atoms with E-state index in [-0.39, 0.29) is 11.9 Å². The third-order valence-corrected chi connectivity index (χ3v) is 4.96. The second-order valence-corrected chi connectivity index (χ2v) is 7.05. The van der Waals surface area contributed by atoms with Gasteiger partial charge in [0.25, 0.3) is 5.91 Å². The van der Waals surface area contributed by atoms with Crippen LogP contribution in [-0.2, 0) is 19.1 Å². The zero-order valence-electron chi connectivity index (χ0n) is 15.5. The van der Waals surface area contributed by atoms with Gasteiger partial charge in [-0.2, -0.15) is 18.3 Å². The van der Waals surface area contributed by atoms with E-state index in [1.54, 1.807) is 18.2 Å². The Hall–Kier alpha value is -3.16. The van der Waals surface area contributed by atoms with Gasteiger partial charge < -0.3 is 5.32 Å². The molecule has 3 heterocycles. The van der Waals surface area contributed by atoms with Gasteiger partial charge in [0.15, 0.2) is 0 Å². The molecule has 1 aliphatic rings. The number of aromatic nitrogens is 3. The van der Waals surface area contributed by atoms with Crippen molar-refractivity contribution in [1.82, 2.24) is 20.1 Å². The van der Waals surface area contributed by atoms with Gasteiger partial charge in [-0.05, 0) is 43.2 Å². The molecule has 1 aromatic carbocycles. The molecule has 8 heteroatoms. The van der Waals surface area contributed by atoms with Gasteiger partial charge >= 0.3 is 6.18 Å². The lowest BCUT2D eigenvalue weighted by Gasteiger charge is -2.16. The summed E-state index contributed by atoms with van der Waals surface area (Å²) in [4.78, 5) is 15.8. The quantitative estimate of drug-likeness (QED) is 0.720. The number of hydrogen-bond donors (Lipinski definition) is 1. The van der Waals surface area contributed by atoms with Crippen LogP contribution in [0.25, 0.3) is 11.3 Å². The van der Waals surface area contributed by atoms with Crippen molar-refractivity contribution in [2.45, 2.75) is 38.0 Å². The normalized spacial score (nSPS) is 16.7. The zero-order chi connectivity index (χ0) is 20.4. The lowest BCUT2D eigenvalue weighted by Crippen LogP contribution is -2.36. The van der Waals surface area contributed by atoms with Gasteiger partial charge in [-0.25, -0.2) is 0 Å². The Morgan fingerprint density at radius 1 is 1.14 bits per heavy atom. The number of pyridine rings is 1. The summed E-state index contributed by atoms with van der Waals surface area (Å²) in [5.74, 6) is -0.132. The van der Waals surface area contributed by atoms with Crippen LogP contribution in [0.4, 0.5) is 13.2 Å². The number of carbonyl (C=O) groups excluding carboxylic acids is 1. The van der Waals surface area contributed by atoms with Crippen molar-refractivity contribution < 1.29 is 18.0 Å². The number of carbonyl (C=O) groups is 1. The van der Waals surface area contributed by atoms with Crippen molar-refractivity contribution in [3.8, 4) is 11.3 Å². The standard InChI is InChI=1S/C21H19F3N4O/c22-21(23,24)19-11-15(8-9-25-19)18-13-17-12-16(7-4-10-28(17)27-18)26-20(29)14-5-2-1-3-6-14/h1-3,5-6,8-9,11,13,16H,4,7,10,12H2,(H,26,29)/t16-/m0/s1. The maximum absolute atomic E-state index is 12.9. The van der Waals surface area contributed by atoms with E-state index in [2.05, 4.69) is 15.4 Å². The smallest absolute Gasteiger partial charge is 0.349 e. The van der Waals surface area contributed by atoms with Gasteiger partial charge in [-0.1, -0.05) is 18.2 Å². The molecule has 29 heavy (non-hydrogen) atoms. The van der Waals surface area contributed by atoms with E-state index in [9.17, 15) is 18.0 Å². The molecule has 1 atom stereocenters. The number of hydrogen-bond acceptors (Lipinski definition) is 3. The molecule has 1 aliphatic heterocycles. The van der Waals surface area contributed by atoms with Crippen molar-refractivity contribution in [1.29, 1.82) is 0 Å². The number of alkyl halides is 3. The van der Waals surface area contributed by atoms with Crippen molar-refractivity contribution in [2.75, 3.05) is 0 Å². The van der Waals surface area contributed by atoms with Gasteiger partial charge in [0.2, 0.25) is 0 Å².